The topological polar surface area (TPSA) is 69.7 Å². The minimum Gasteiger partial charge on any atom is -0.476 e. The van der Waals surface area contributed by atoms with Gasteiger partial charge in [0.15, 0.2) is 0 Å². The van der Waals surface area contributed by atoms with Gasteiger partial charge in [-0.05, 0) is 63.9 Å². The van der Waals surface area contributed by atoms with Crippen LogP contribution in [0, 0.1) is 0 Å². The predicted octanol–water partition coefficient (Wildman–Crippen LogP) is 1.82. The molecule has 6 heteroatoms. The molecule has 1 aliphatic heterocycles. The van der Waals surface area contributed by atoms with Gasteiger partial charge < -0.3 is 14.6 Å². The second-order valence-electron chi connectivity index (χ2n) is 6.27. The first-order chi connectivity index (χ1) is 11.1. The number of hydrogen-bond acceptors (Lipinski definition) is 4. The number of fused-ring (bicyclic) bond motifs is 1. The lowest BCUT2D eigenvalue weighted by Gasteiger charge is -2.15. The monoisotopic (exact) mass is 316 g/mol. The lowest BCUT2D eigenvalue weighted by molar-refractivity contribution is -0.116. The molecule has 1 aromatic heterocycles. The van der Waals surface area contributed by atoms with Crippen LogP contribution in [-0.4, -0.2) is 42.4 Å². The zero-order valence-corrected chi connectivity index (χ0v) is 14.0. The molecule has 0 bridgehead atoms. The van der Waals surface area contributed by atoms with Gasteiger partial charge in [-0.1, -0.05) is 0 Å². The number of hydrazone groups is 1. The summed E-state index contributed by atoms with van der Waals surface area (Å²) < 4.78 is 5.46. The normalized spacial score (nSPS) is 19.0. The molecular formula is C17H24N4O2. The number of ether oxygens (including phenoxy) is 1. The van der Waals surface area contributed by atoms with Crippen LogP contribution in [0.15, 0.2) is 10.7 Å². The van der Waals surface area contributed by atoms with E-state index >= 15 is 0 Å². The Morgan fingerprint density at radius 2 is 2.09 bits per heavy atom. The van der Waals surface area contributed by atoms with Crippen molar-refractivity contribution in [2.75, 3.05) is 20.7 Å². The lowest BCUT2D eigenvalue weighted by atomic mass is 9.94. The van der Waals surface area contributed by atoms with E-state index in [-0.39, 0.29) is 5.91 Å². The zero-order chi connectivity index (χ0) is 16.4. The summed E-state index contributed by atoms with van der Waals surface area (Å²) in [6.07, 6.45) is 6.52. The quantitative estimate of drug-likeness (QED) is 0.833. The summed E-state index contributed by atoms with van der Waals surface area (Å²) in [6.45, 7) is 3.22. The first-order valence-electron chi connectivity index (χ1n) is 8.20. The van der Waals surface area contributed by atoms with Crippen molar-refractivity contribution in [3.8, 4) is 0 Å². The molecule has 0 fully saturated rings. The fraction of sp³-hybridized carbons (Fsp3) is 0.529. The molecular weight excluding hydrogens is 292 g/mol. The summed E-state index contributed by atoms with van der Waals surface area (Å²) >= 11 is 0. The van der Waals surface area contributed by atoms with E-state index in [2.05, 4.69) is 34.5 Å². The summed E-state index contributed by atoms with van der Waals surface area (Å²) in [4.78, 5) is 17.7. The van der Waals surface area contributed by atoms with Crippen molar-refractivity contribution in [1.82, 2.24) is 15.3 Å². The van der Waals surface area contributed by atoms with Crippen LogP contribution in [0.2, 0.25) is 0 Å². The lowest BCUT2D eigenvalue weighted by Crippen LogP contribution is -2.15. The number of nitrogens with one attached hydrogen (secondary N) is 2. The average molecular weight is 316 g/mol. The molecule has 0 unspecified atom stereocenters. The van der Waals surface area contributed by atoms with Gasteiger partial charge in [0.1, 0.15) is 5.57 Å². The highest BCUT2D eigenvalue weighted by molar-refractivity contribution is 6.24. The Morgan fingerprint density at radius 1 is 1.30 bits per heavy atom. The van der Waals surface area contributed by atoms with Gasteiger partial charge in [0.05, 0.1) is 6.61 Å². The number of H-pyrrole nitrogens is 1. The number of aryl methyl sites for hydroxylation is 1. The van der Waals surface area contributed by atoms with Gasteiger partial charge >= 0.3 is 0 Å². The maximum absolute atomic E-state index is 12.0. The Balaban J connectivity index is 2.01. The standard InChI is InChI=1S/C17H24N4O2/c1-4-23-17-12(16(22)19-20-17)9-15-13(10-21(2)3)11-7-5-6-8-14(11)18-15/h9,18H,4-8,10H2,1-3H3,(H,19,22). The van der Waals surface area contributed by atoms with Crippen molar-refractivity contribution < 1.29 is 9.53 Å². The van der Waals surface area contributed by atoms with Crippen LogP contribution in [0.3, 0.4) is 0 Å². The van der Waals surface area contributed by atoms with Crippen LogP contribution in [-0.2, 0) is 28.9 Å². The Hall–Kier alpha value is -2.08. The first kappa shape index (κ1) is 15.8. The molecule has 0 aromatic carbocycles. The molecule has 0 radical (unpaired) electrons. The highest BCUT2D eigenvalue weighted by atomic mass is 16.5. The Morgan fingerprint density at radius 3 is 2.83 bits per heavy atom. The molecule has 0 saturated heterocycles. The van der Waals surface area contributed by atoms with E-state index in [0.29, 0.717) is 18.1 Å². The van der Waals surface area contributed by atoms with Crippen LogP contribution in [0.25, 0.3) is 6.08 Å². The number of hydrogen-bond donors (Lipinski definition) is 2. The smallest absolute Gasteiger partial charge is 0.277 e. The third kappa shape index (κ3) is 3.17. The molecule has 0 spiro atoms. The number of aromatic amines is 1. The van der Waals surface area contributed by atoms with Gasteiger partial charge in [-0.15, -0.1) is 5.10 Å². The second-order valence-corrected chi connectivity index (χ2v) is 6.27. The third-order valence-corrected chi connectivity index (χ3v) is 4.22. The summed E-state index contributed by atoms with van der Waals surface area (Å²) in [6, 6.07) is 0. The number of nitrogens with zero attached hydrogens (tertiary/aromatic N) is 2. The molecule has 2 aliphatic rings. The van der Waals surface area contributed by atoms with Crippen LogP contribution < -0.4 is 5.43 Å². The van der Waals surface area contributed by atoms with Gasteiger partial charge in [-0.3, -0.25) is 4.79 Å². The van der Waals surface area contributed by atoms with E-state index in [1.807, 2.05) is 13.0 Å². The zero-order valence-electron chi connectivity index (χ0n) is 14.0. The van der Waals surface area contributed by atoms with Crippen molar-refractivity contribution in [3.05, 3.63) is 28.1 Å². The van der Waals surface area contributed by atoms with Crippen molar-refractivity contribution in [2.45, 2.75) is 39.2 Å². The summed E-state index contributed by atoms with van der Waals surface area (Å²) in [5.74, 6) is 0.165. The molecule has 23 heavy (non-hydrogen) atoms. The van der Waals surface area contributed by atoms with Crippen molar-refractivity contribution in [1.29, 1.82) is 0 Å². The Bertz CT molecular complexity index is 670. The minimum atomic E-state index is -0.211. The Labute approximate surface area is 136 Å². The molecule has 1 aliphatic carbocycles. The third-order valence-electron chi connectivity index (χ3n) is 4.22. The minimum absolute atomic E-state index is 0.211. The van der Waals surface area contributed by atoms with E-state index in [1.54, 1.807) is 0 Å². The van der Waals surface area contributed by atoms with Crippen molar-refractivity contribution >= 4 is 17.9 Å². The molecule has 2 N–H and O–H groups in total. The van der Waals surface area contributed by atoms with E-state index in [4.69, 9.17) is 4.74 Å². The van der Waals surface area contributed by atoms with Gasteiger partial charge in [0, 0.05) is 17.9 Å². The molecule has 0 saturated carbocycles. The van der Waals surface area contributed by atoms with E-state index in [1.165, 1.54) is 29.7 Å². The molecule has 3 rings (SSSR count). The SMILES string of the molecule is CCOC1=NNC(=O)C1=Cc1[nH]c2c(c1CN(C)C)CCCC2. The molecule has 1 amide bonds. The molecule has 0 atom stereocenters. The molecule has 2 heterocycles. The van der Waals surface area contributed by atoms with Crippen LogP contribution in [0.1, 0.15) is 42.3 Å². The molecule has 124 valence electrons. The predicted molar refractivity (Wildman–Crippen MR) is 90.0 cm³/mol. The van der Waals surface area contributed by atoms with Gasteiger partial charge in [-0.2, -0.15) is 0 Å². The van der Waals surface area contributed by atoms with E-state index < -0.39 is 0 Å². The maximum Gasteiger partial charge on any atom is 0.277 e. The van der Waals surface area contributed by atoms with Gasteiger partial charge in [-0.25, -0.2) is 5.43 Å². The maximum atomic E-state index is 12.0. The van der Waals surface area contributed by atoms with E-state index in [9.17, 15) is 4.79 Å². The number of carbonyl (C=O) groups is 1. The number of rotatable bonds is 4. The Kier molecular flexibility index (Phi) is 4.52. The fourth-order valence-corrected chi connectivity index (χ4v) is 3.23. The van der Waals surface area contributed by atoms with Gasteiger partial charge in [0.2, 0.25) is 5.90 Å². The fourth-order valence-electron chi connectivity index (χ4n) is 3.23. The summed E-state index contributed by atoms with van der Waals surface area (Å²) in [5, 5.41) is 3.96. The van der Waals surface area contributed by atoms with E-state index in [0.717, 1.165) is 25.1 Å². The van der Waals surface area contributed by atoms with Crippen LogP contribution in [0.4, 0.5) is 0 Å². The largest absolute Gasteiger partial charge is 0.476 e. The second kappa shape index (κ2) is 6.58. The summed E-state index contributed by atoms with van der Waals surface area (Å²) in [7, 11) is 4.13. The molecule has 6 nitrogen and oxygen atoms in total. The van der Waals surface area contributed by atoms with Gasteiger partial charge in [0.25, 0.3) is 5.91 Å². The highest BCUT2D eigenvalue weighted by Crippen LogP contribution is 2.29. The van der Waals surface area contributed by atoms with Crippen molar-refractivity contribution in [3.63, 3.8) is 0 Å². The van der Waals surface area contributed by atoms with Crippen LogP contribution >= 0.6 is 0 Å². The number of aromatic nitrogens is 1. The highest BCUT2D eigenvalue weighted by Gasteiger charge is 2.26. The number of amides is 1. The van der Waals surface area contributed by atoms with Crippen molar-refractivity contribution in [2.24, 2.45) is 5.10 Å². The summed E-state index contributed by atoms with van der Waals surface area (Å²) in [5.41, 5.74) is 7.99. The average Bonchev–Trinajstić information content (AvgIpc) is 3.03. The first-order valence-corrected chi connectivity index (χ1v) is 8.20. The number of carbonyl (C=O) groups excluding carboxylic acids is 1. The molecule has 1 aromatic rings. The van der Waals surface area contributed by atoms with Crippen LogP contribution in [0.5, 0.6) is 0 Å².